The number of nitrogens with zero attached hydrogens (tertiary/aromatic N) is 1. The van der Waals surface area contributed by atoms with E-state index in [-0.39, 0.29) is 17.8 Å². The first kappa shape index (κ1) is 23.0. The molecule has 0 aliphatic heterocycles. The van der Waals surface area contributed by atoms with Crippen LogP contribution >= 0.6 is 0 Å². The summed E-state index contributed by atoms with van der Waals surface area (Å²) in [5, 5.41) is 0. The van der Waals surface area contributed by atoms with E-state index in [9.17, 15) is 4.79 Å². The van der Waals surface area contributed by atoms with Crippen molar-refractivity contribution in [1.29, 1.82) is 0 Å². The van der Waals surface area contributed by atoms with E-state index in [0.717, 1.165) is 17.7 Å². The molecule has 2 aromatic carbocycles. The monoisotopic (exact) mass is 397 g/mol. The highest BCUT2D eigenvalue weighted by Crippen LogP contribution is 2.40. The molecule has 0 saturated carbocycles. The van der Waals surface area contributed by atoms with Crippen LogP contribution in [0.15, 0.2) is 54.6 Å². The Morgan fingerprint density at radius 2 is 1.72 bits per heavy atom. The lowest BCUT2D eigenvalue weighted by Crippen LogP contribution is -2.47. The Kier molecular flexibility index (Phi) is 8.27. The molecule has 4 heteroatoms. The summed E-state index contributed by atoms with van der Waals surface area (Å²) in [5.41, 5.74) is 1.26. The summed E-state index contributed by atoms with van der Waals surface area (Å²) in [4.78, 5) is 14.7. The van der Waals surface area contributed by atoms with E-state index in [4.69, 9.17) is 9.47 Å². The van der Waals surface area contributed by atoms with Gasteiger partial charge in [-0.1, -0.05) is 70.2 Å². The van der Waals surface area contributed by atoms with Gasteiger partial charge in [-0.3, -0.25) is 9.69 Å². The van der Waals surface area contributed by atoms with Gasteiger partial charge in [-0.2, -0.15) is 0 Å². The molecule has 0 aliphatic rings. The topological polar surface area (TPSA) is 38.8 Å². The van der Waals surface area contributed by atoms with Crippen molar-refractivity contribution in [2.45, 2.75) is 52.2 Å². The Labute approximate surface area is 175 Å². The second-order valence-electron chi connectivity index (χ2n) is 8.15. The van der Waals surface area contributed by atoms with E-state index >= 15 is 0 Å². The summed E-state index contributed by atoms with van der Waals surface area (Å²) >= 11 is 0. The largest absolute Gasteiger partial charge is 0.494 e. The molecule has 0 saturated heterocycles. The van der Waals surface area contributed by atoms with Crippen LogP contribution in [0.3, 0.4) is 0 Å². The molecular weight excluding hydrogens is 362 g/mol. The van der Waals surface area contributed by atoms with Crippen LogP contribution in [0.4, 0.5) is 0 Å². The van der Waals surface area contributed by atoms with E-state index < -0.39 is 5.72 Å². The predicted octanol–water partition coefficient (Wildman–Crippen LogP) is 5.58. The van der Waals surface area contributed by atoms with Crippen molar-refractivity contribution in [1.82, 2.24) is 4.90 Å². The highest BCUT2D eigenvalue weighted by atomic mass is 16.6. The van der Waals surface area contributed by atoms with Gasteiger partial charge in [0.05, 0.1) is 12.5 Å². The molecule has 2 unspecified atom stereocenters. The second kappa shape index (κ2) is 10.4. The Balaban J connectivity index is 2.49. The summed E-state index contributed by atoms with van der Waals surface area (Å²) in [5.74, 6) is 0.571. The fourth-order valence-corrected chi connectivity index (χ4v) is 3.40. The Hall–Kier alpha value is -2.33. The van der Waals surface area contributed by atoms with Crippen molar-refractivity contribution in [3.05, 3.63) is 65.7 Å². The van der Waals surface area contributed by atoms with Crippen LogP contribution in [-0.4, -0.2) is 31.6 Å². The lowest BCUT2D eigenvalue weighted by Gasteiger charge is -2.42. The van der Waals surface area contributed by atoms with Crippen molar-refractivity contribution >= 4 is 5.97 Å². The van der Waals surface area contributed by atoms with Gasteiger partial charge in [0.2, 0.25) is 0 Å². The number of ether oxygens (including phenoxy) is 2. The number of hydrogen-bond donors (Lipinski definition) is 0. The number of carbonyl (C=O) groups excluding carboxylic acids is 1. The first-order valence-electron chi connectivity index (χ1n) is 10.5. The van der Waals surface area contributed by atoms with Gasteiger partial charge in [-0.25, -0.2) is 0 Å². The van der Waals surface area contributed by atoms with Gasteiger partial charge in [0.1, 0.15) is 5.75 Å². The van der Waals surface area contributed by atoms with E-state index in [1.165, 1.54) is 5.56 Å². The molecular formula is C25H35NO3. The summed E-state index contributed by atoms with van der Waals surface area (Å²) < 4.78 is 12.1. The van der Waals surface area contributed by atoms with Crippen molar-refractivity contribution < 1.29 is 14.3 Å². The first-order valence-corrected chi connectivity index (χ1v) is 10.5. The molecule has 29 heavy (non-hydrogen) atoms. The van der Waals surface area contributed by atoms with Crippen LogP contribution in [0.1, 0.15) is 57.6 Å². The molecule has 0 bridgehead atoms. The molecule has 0 N–H and O–H groups in total. The number of esters is 1. The van der Waals surface area contributed by atoms with Crippen LogP contribution in [0.5, 0.6) is 5.75 Å². The summed E-state index contributed by atoms with van der Waals surface area (Å²) in [7, 11) is 3.93. The molecule has 2 rings (SSSR count). The second-order valence-corrected chi connectivity index (χ2v) is 8.15. The molecule has 0 fully saturated rings. The average molecular weight is 398 g/mol. The minimum absolute atomic E-state index is 0.193. The summed E-state index contributed by atoms with van der Waals surface area (Å²) in [6.45, 7) is 8.65. The fraction of sp³-hybridized carbons (Fsp3) is 0.480. The van der Waals surface area contributed by atoms with Gasteiger partial charge in [-0.05, 0) is 44.1 Å². The lowest BCUT2D eigenvalue weighted by molar-refractivity contribution is -0.190. The van der Waals surface area contributed by atoms with Gasteiger partial charge < -0.3 is 9.47 Å². The fourth-order valence-electron chi connectivity index (χ4n) is 3.40. The summed E-state index contributed by atoms with van der Waals surface area (Å²) in [6.07, 6.45) is 1.58. The molecule has 0 aromatic heterocycles. The first-order chi connectivity index (χ1) is 13.8. The Morgan fingerprint density at radius 1 is 1.03 bits per heavy atom. The zero-order valence-electron chi connectivity index (χ0n) is 18.6. The molecule has 0 heterocycles. The van der Waals surface area contributed by atoms with Crippen molar-refractivity contribution in [2.75, 3.05) is 20.7 Å². The number of benzene rings is 2. The van der Waals surface area contributed by atoms with Gasteiger partial charge in [-0.15, -0.1) is 0 Å². The molecule has 4 nitrogen and oxygen atoms in total. The van der Waals surface area contributed by atoms with Crippen LogP contribution in [0.25, 0.3) is 0 Å². The number of hydrogen-bond acceptors (Lipinski definition) is 4. The molecule has 2 aromatic rings. The molecule has 0 spiro atoms. The van der Waals surface area contributed by atoms with E-state index in [1.54, 1.807) is 0 Å². The van der Waals surface area contributed by atoms with Gasteiger partial charge in [0.25, 0.3) is 0 Å². The maximum atomic E-state index is 12.7. The Morgan fingerprint density at radius 3 is 2.31 bits per heavy atom. The van der Waals surface area contributed by atoms with Gasteiger partial charge in [0.15, 0.2) is 5.72 Å². The van der Waals surface area contributed by atoms with Crippen molar-refractivity contribution in [2.24, 2.45) is 5.92 Å². The maximum Gasteiger partial charge on any atom is 0.310 e. The average Bonchev–Trinajstić information content (AvgIpc) is 2.72. The van der Waals surface area contributed by atoms with Crippen molar-refractivity contribution in [3.8, 4) is 5.75 Å². The van der Waals surface area contributed by atoms with Crippen LogP contribution in [-0.2, 0) is 15.3 Å². The van der Waals surface area contributed by atoms with Crippen LogP contribution in [0, 0.1) is 5.92 Å². The number of rotatable bonds is 10. The third-order valence-electron chi connectivity index (χ3n) is 5.17. The molecule has 0 aliphatic carbocycles. The molecule has 0 radical (unpaired) electrons. The lowest BCUT2D eigenvalue weighted by atomic mass is 9.86. The van der Waals surface area contributed by atoms with Crippen LogP contribution in [0.2, 0.25) is 0 Å². The minimum Gasteiger partial charge on any atom is -0.494 e. The number of carbonyl (C=O) groups is 1. The standard InChI is InChI=1S/C25H35NO3/c1-7-16-28-23-15-11-14-22(17-23)25(26(5)6,29-24(27)19(2)3)18-20(4)21-12-9-8-10-13-21/h8-15,17,19-20H,7,16,18H2,1-6H3. The van der Waals surface area contributed by atoms with E-state index in [0.29, 0.717) is 13.0 Å². The molecule has 0 amide bonds. The highest BCUT2D eigenvalue weighted by molar-refractivity contribution is 5.72. The normalized spacial score (nSPS) is 14.5. The quantitative estimate of drug-likeness (QED) is 0.387. The zero-order valence-corrected chi connectivity index (χ0v) is 18.6. The highest BCUT2D eigenvalue weighted by Gasteiger charge is 2.41. The van der Waals surface area contributed by atoms with Crippen LogP contribution < -0.4 is 4.74 Å². The zero-order chi connectivity index (χ0) is 21.4. The molecule has 158 valence electrons. The smallest absolute Gasteiger partial charge is 0.310 e. The van der Waals surface area contributed by atoms with Gasteiger partial charge >= 0.3 is 5.97 Å². The predicted molar refractivity (Wildman–Crippen MR) is 118 cm³/mol. The van der Waals surface area contributed by atoms with E-state index in [1.807, 2.05) is 75.3 Å². The SMILES string of the molecule is CCCOc1cccc(C(CC(C)c2ccccc2)(OC(=O)C(C)C)N(C)C)c1. The van der Waals surface area contributed by atoms with E-state index in [2.05, 4.69) is 26.0 Å². The molecule has 2 atom stereocenters. The minimum atomic E-state index is -0.887. The third kappa shape index (κ3) is 5.83. The third-order valence-corrected chi connectivity index (χ3v) is 5.17. The van der Waals surface area contributed by atoms with Gasteiger partial charge in [0, 0.05) is 12.0 Å². The van der Waals surface area contributed by atoms with Crippen molar-refractivity contribution in [3.63, 3.8) is 0 Å². The summed E-state index contributed by atoms with van der Waals surface area (Å²) in [6, 6.07) is 18.3. The maximum absolute atomic E-state index is 12.7. The Bertz CT molecular complexity index is 773.